The van der Waals surface area contributed by atoms with E-state index < -0.39 is 34.4 Å². The number of likely N-dealkylation sites (tertiary alicyclic amines) is 2. The smallest absolute Gasteiger partial charge is 0.417 e. The number of carbonyl (C=O) groups excluding carboxylic acids is 2. The molecule has 1 unspecified atom stereocenters. The topological polar surface area (TPSA) is 103 Å². The van der Waals surface area contributed by atoms with Crippen LogP contribution in [0, 0.1) is 23.2 Å². The summed E-state index contributed by atoms with van der Waals surface area (Å²) in [6, 6.07) is 5.20. The van der Waals surface area contributed by atoms with Crippen LogP contribution in [0.15, 0.2) is 30.6 Å². The fraction of sp³-hybridized carbons (Fsp3) is 0.625. The Labute approximate surface area is 256 Å². The van der Waals surface area contributed by atoms with Crippen molar-refractivity contribution in [1.82, 2.24) is 19.6 Å². The van der Waals surface area contributed by atoms with E-state index in [9.17, 15) is 22.8 Å². The van der Waals surface area contributed by atoms with Gasteiger partial charge in [-0.15, -0.1) is 0 Å². The number of aromatic nitrogens is 2. The first-order valence-electron chi connectivity index (χ1n) is 15.2. The van der Waals surface area contributed by atoms with Crippen LogP contribution < -0.4 is 5.32 Å². The van der Waals surface area contributed by atoms with Gasteiger partial charge in [-0.3, -0.25) is 9.48 Å². The highest BCUT2D eigenvalue weighted by Gasteiger charge is 2.45. The van der Waals surface area contributed by atoms with Gasteiger partial charge in [-0.25, -0.2) is 4.79 Å². The van der Waals surface area contributed by atoms with Crippen molar-refractivity contribution in [2.75, 3.05) is 31.5 Å². The van der Waals surface area contributed by atoms with E-state index in [2.05, 4.69) is 15.3 Å². The van der Waals surface area contributed by atoms with Crippen LogP contribution in [0.3, 0.4) is 0 Å². The molecule has 0 radical (unpaired) electrons. The largest absolute Gasteiger partial charge is 0.444 e. The van der Waals surface area contributed by atoms with Gasteiger partial charge in [0.15, 0.2) is 0 Å². The lowest BCUT2D eigenvalue weighted by molar-refractivity contribution is -0.137. The Morgan fingerprint density at radius 2 is 1.68 bits per heavy atom. The van der Waals surface area contributed by atoms with E-state index in [0.29, 0.717) is 23.8 Å². The Hall–Kier alpha value is -3.59. The third kappa shape index (κ3) is 6.72. The molecule has 3 atom stereocenters. The minimum Gasteiger partial charge on any atom is -0.444 e. The molecule has 3 aliphatic rings. The molecule has 3 fully saturated rings. The molecule has 1 saturated carbocycles. The van der Waals surface area contributed by atoms with E-state index in [1.54, 1.807) is 30.8 Å². The van der Waals surface area contributed by atoms with Gasteiger partial charge in [0, 0.05) is 31.0 Å². The van der Waals surface area contributed by atoms with Gasteiger partial charge in [-0.1, -0.05) is 0 Å². The summed E-state index contributed by atoms with van der Waals surface area (Å²) in [5, 5.41) is 16.1. The second kappa shape index (κ2) is 11.7. The number of rotatable bonds is 5. The Morgan fingerprint density at radius 3 is 2.25 bits per heavy atom. The summed E-state index contributed by atoms with van der Waals surface area (Å²) >= 11 is 0. The van der Waals surface area contributed by atoms with Gasteiger partial charge in [-0.05, 0) is 115 Å². The van der Waals surface area contributed by atoms with Crippen molar-refractivity contribution in [2.24, 2.45) is 11.8 Å². The first-order valence-corrected chi connectivity index (χ1v) is 15.2. The summed E-state index contributed by atoms with van der Waals surface area (Å²) in [6.07, 6.45) is 2.86. The predicted molar refractivity (Wildman–Crippen MR) is 158 cm³/mol. The molecular formula is C32H41F3N6O3. The molecule has 0 bridgehead atoms. The number of nitrogens with one attached hydrogen (secondary N) is 1. The molecule has 12 heteroatoms. The molecule has 2 amide bonds. The number of alkyl halides is 3. The first-order chi connectivity index (χ1) is 20.5. The monoisotopic (exact) mass is 614 g/mol. The Kier molecular flexibility index (Phi) is 8.48. The van der Waals surface area contributed by atoms with Gasteiger partial charge < -0.3 is 19.9 Å². The number of nitrogens with zero attached hydrogens (tertiary/aromatic N) is 5. The maximum Gasteiger partial charge on any atom is 0.417 e. The number of hydrogen-bond acceptors (Lipinski definition) is 6. The van der Waals surface area contributed by atoms with E-state index in [1.807, 2.05) is 31.9 Å². The number of carbonyl (C=O) groups is 2. The third-order valence-electron chi connectivity index (χ3n) is 9.33. The minimum absolute atomic E-state index is 0.0391. The second-order valence-electron chi connectivity index (χ2n) is 13.9. The van der Waals surface area contributed by atoms with E-state index >= 15 is 0 Å². The summed E-state index contributed by atoms with van der Waals surface area (Å²) < 4.78 is 47.3. The van der Waals surface area contributed by atoms with Crippen molar-refractivity contribution in [2.45, 2.75) is 89.6 Å². The van der Waals surface area contributed by atoms with Crippen LogP contribution in [0.1, 0.15) is 82.9 Å². The maximum atomic E-state index is 13.4. The molecule has 2 aromatic rings. The Bertz CT molecular complexity index is 1420. The number of ether oxygens (including phenoxy) is 1. The van der Waals surface area contributed by atoms with Crippen LogP contribution in [0.4, 0.5) is 23.7 Å². The van der Waals surface area contributed by atoms with Gasteiger partial charge >= 0.3 is 12.3 Å². The molecule has 2 aliphatic heterocycles. The van der Waals surface area contributed by atoms with Crippen LogP contribution in [0.5, 0.6) is 0 Å². The zero-order valence-electron chi connectivity index (χ0n) is 25.9. The number of anilines is 1. The zero-order chi connectivity index (χ0) is 32.0. The molecule has 3 heterocycles. The van der Waals surface area contributed by atoms with Crippen molar-refractivity contribution in [3.8, 4) is 6.07 Å². The second-order valence-corrected chi connectivity index (χ2v) is 13.9. The van der Waals surface area contributed by atoms with Crippen LogP contribution in [-0.2, 0) is 21.2 Å². The number of halogens is 3. The quantitative estimate of drug-likeness (QED) is 0.445. The van der Waals surface area contributed by atoms with Gasteiger partial charge in [0.05, 0.1) is 23.4 Å². The molecule has 1 N–H and O–H groups in total. The van der Waals surface area contributed by atoms with E-state index in [0.717, 1.165) is 69.6 Å². The highest BCUT2D eigenvalue weighted by atomic mass is 19.4. The summed E-state index contributed by atoms with van der Waals surface area (Å²) in [4.78, 5) is 30.1. The lowest BCUT2D eigenvalue weighted by atomic mass is 9.90. The van der Waals surface area contributed by atoms with E-state index in [1.165, 1.54) is 6.07 Å². The summed E-state index contributed by atoms with van der Waals surface area (Å²) in [6.45, 7) is 12.5. The predicted octanol–water partition coefficient (Wildman–Crippen LogP) is 5.97. The number of benzene rings is 1. The van der Waals surface area contributed by atoms with Crippen molar-refractivity contribution in [1.29, 1.82) is 5.26 Å². The van der Waals surface area contributed by atoms with Crippen LogP contribution in [-0.4, -0.2) is 69.4 Å². The van der Waals surface area contributed by atoms with Crippen molar-refractivity contribution in [3.63, 3.8) is 0 Å². The normalized spacial score (nSPS) is 23.3. The first kappa shape index (κ1) is 31.8. The highest BCUT2D eigenvalue weighted by molar-refractivity contribution is 5.96. The molecule has 1 aromatic carbocycles. The molecule has 9 nitrogen and oxygen atoms in total. The molecule has 238 valence electrons. The van der Waals surface area contributed by atoms with Crippen molar-refractivity contribution < 1.29 is 27.5 Å². The number of fused-ring (bicyclic) bond motifs is 1. The molecule has 0 spiro atoms. The average Bonchev–Trinajstić information content (AvgIpc) is 3.68. The minimum atomic E-state index is -4.71. The summed E-state index contributed by atoms with van der Waals surface area (Å²) in [5.41, 5.74) is -2.25. The fourth-order valence-corrected chi connectivity index (χ4v) is 6.83. The van der Waals surface area contributed by atoms with Gasteiger partial charge in [0.25, 0.3) is 5.91 Å². The molecule has 44 heavy (non-hydrogen) atoms. The SMILES string of the molecule is CC(C)(C)OC(=O)N1C[C@H]2CC(N3CCC(c4cnn(C(C)(C)C(=O)Nc5ccc(C#N)c(C(F)(F)F)c5)c4)CC3)C[C@H]2C1. The van der Waals surface area contributed by atoms with Crippen molar-refractivity contribution >= 4 is 17.7 Å². The molecule has 5 rings (SSSR count). The highest BCUT2D eigenvalue weighted by Crippen LogP contribution is 2.42. The number of piperidine rings is 1. The number of amides is 2. The lowest BCUT2D eigenvalue weighted by Crippen LogP contribution is -2.41. The Morgan fingerprint density at radius 1 is 1.05 bits per heavy atom. The lowest BCUT2D eigenvalue weighted by Gasteiger charge is -2.36. The van der Waals surface area contributed by atoms with Crippen molar-refractivity contribution in [3.05, 3.63) is 47.3 Å². The molecule has 1 aromatic heterocycles. The standard InChI is InChI=1S/C32H41F3N6O3/c1-30(2,3)44-29(43)40-17-22-12-26(13-23(22)18-40)39-10-8-20(9-11-39)24-16-37-41(19-24)31(4,5)28(42)38-25-7-6-21(15-36)27(14-25)32(33,34)35/h6-7,14,16,19-20,22-23,26H,8-13,17-18H2,1-5H3,(H,38,42)/t22-,23+,26?. The molecule has 1 aliphatic carbocycles. The Balaban J connectivity index is 1.14. The summed E-state index contributed by atoms with van der Waals surface area (Å²) in [5.74, 6) is 0.814. The molecule has 2 saturated heterocycles. The van der Waals surface area contributed by atoms with Crippen LogP contribution >= 0.6 is 0 Å². The van der Waals surface area contributed by atoms with E-state index in [4.69, 9.17) is 10.00 Å². The maximum absolute atomic E-state index is 13.4. The van der Waals surface area contributed by atoms with Crippen LogP contribution in [0.25, 0.3) is 0 Å². The fourth-order valence-electron chi connectivity index (χ4n) is 6.83. The average molecular weight is 615 g/mol. The van der Waals surface area contributed by atoms with E-state index in [-0.39, 0.29) is 11.8 Å². The number of hydrogen-bond donors (Lipinski definition) is 1. The van der Waals surface area contributed by atoms with Gasteiger partial charge in [0.2, 0.25) is 0 Å². The summed E-state index contributed by atoms with van der Waals surface area (Å²) in [7, 11) is 0. The third-order valence-corrected chi connectivity index (χ3v) is 9.33. The number of nitriles is 1. The zero-order valence-corrected chi connectivity index (χ0v) is 25.9. The van der Waals surface area contributed by atoms with Gasteiger partial charge in [0.1, 0.15) is 11.1 Å². The van der Waals surface area contributed by atoms with Gasteiger partial charge in [-0.2, -0.15) is 23.5 Å². The molecular weight excluding hydrogens is 573 g/mol. The van der Waals surface area contributed by atoms with Crippen LogP contribution in [0.2, 0.25) is 0 Å².